The van der Waals surface area contributed by atoms with Crippen LogP contribution in [0.1, 0.15) is 23.1 Å². The van der Waals surface area contributed by atoms with E-state index < -0.39 is 0 Å². The molecule has 0 unspecified atom stereocenters. The predicted molar refractivity (Wildman–Crippen MR) is 103 cm³/mol. The van der Waals surface area contributed by atoms with Crippen LogP contribution in [0.3, 0.4) is 0 Å². The van der Waals surface area contributed by atoms with Crippen LogP contribution in [0.4, 0.5) is 4.39 Å². The van der Waals surface area contributed by atoms with E-state index in [9.17, 15) is 9.18 Å². The molecule has 0 amide bonds. The maximum Gasteiger partial charge on any atom is 0.336 e. The summed E-state index contributed by atoms with van der Waals surface area (Å²) in [5.74, 6) is 0.140. The molecule has 2 aromatic carbocycles. The fraction of sp³-hybridized carbons (Fsp3) is 0.200. The summed E-state index contributed by atoms with van der Waals surface area (Å²) in [4.78, 5) is 12.0. The first-order valence-electron chi connectivity index (χ1n) is 8.93. The number of hydrogen-bond donors (Lipinski definition) is 0. The first-order valence-corrected chi connectivity index (χ1v) is 9.91. The van der Waals surface area contributed by atoms with Crippen LogP contribution >= 0.6 is 11.8 Å². The van der Waals surface area contributed by atoms with E-state index in [0.29, 0.717) is 22.2 Å². The van der Waals surface area contributed by atoms with Gasteiger partial charge in [0.15, 0.2) is 0 Å². The Morgan fingerprint density at radius 1 is 1.14 bits per heavy atom. The Balaban J connectivity index is 1.49. The van der Waals surface area contributed by atoms with Crippen molar-refractivity contribution in [2.45, 2.75) is 30.2 Å². The van der Waals surface area contributed by atoms with E-state index in [0.717, 1.165) is 30.2 Å². The number of thioether (sulfide) groups is 1. The highest BCUT2D eigenvalue weighted by Crippen LogP contribution is 2.31. The van der Waals surface area contributed by atoms with Gasteiger partial charge >= 0.3 is 5.63 Å². The van der Waals surface area contributed by atoms with Crippen molar-refractivity contribution in [2.24, 2.45) is 0 Å². The van der Waals surface area contributed by atoms with Crippen molar-refractivity contribution in [3.8, 4) is 5.69 Å². The molecular formula is C20H15FN4O2S. The molecule has 8 heteroatoms. The first kappa shape index (κ1) is 17.1. The van der Waals surface area contributed by atoms with Crippen LogP contribution in [0.5, 0.6) is 0 Å². The number of aryl methyl sites for hydroxylation is 2. The van der Waals surface area contributed by atoms with Crippen molar-refractivity contribution in [1.82, 2.24) is 20.2 Å². The average Bonchev–Trinajstić information content (AvgIpc) is 3.33. The van der Waals surface area contributed by atoms with Gasteiger partial charge in [0, 0.05) is 17.2 Å². The van der Waals surface area contributed by atoms with Gasteiger partial charge in [-0.15, -0.1) is 5.10 Å². The molecule has 0 spiro atoms. The molecule has 0 saturated heterocycles. The lowest BCUT2D eigenvalue weighted by molar-refractivity contribution is 0.559. The molecule has 1 aliphatic rings. The van der Waals surface area contributed by atoms with Crippen LogP contribution in [0.15, 0.2) is 56.8 Å². The first-order chi connectivity index (χ1) is 13.7. The lowest BCUT2D eigenvalue weighted by Gasteiger charge is -2.08. The highest BCUT2D eigenvalue weighted by Gasteiger charge is 2.16. The third kappa shape index (κ3) is 3.09. The Kier molecular flexibility index (Phi) is 4.20. The van der Waals surface area contributed by atoms with E-state index in [1.54, 1.807) is 12.1 Å². The molecule has 6 nitrogen and oxygen atoms in total. The highest BCUT2D eigenvalue weighted by molar-refractivity contribution is 7.98. The van der Waals surface area contributed by atoms with E-state index in [2.05, 4.69) is 21.6 Å². The topological polar surface area (TPSA) is 73.8 Å². The van der Waals surface area contributed by atoms with Crippen molar-refractivity contribution in [2.75, 3.05) is 0 Å². The van der Waals surface area contributed by atoms with Gasteiger partial charge in [-0.1, -0.05) is 17.8 Å². The van der Waals surface area contributed by atoms with E-state index in [-0.39, 0.29) is 11.4 Å². The number of aromatic nitrogens is 4. The molecular weight excluding hydrogens is 379 g/mol. The molecule has 28 heavy (non-hydrogen) atoms. The Hall–Kier alpha value is -3.00. The van der Waals surface area contributed by atoms with E-state index >= 15 is 0 Å². The quantitative estimate of drug-likeness (QED) is 0.388. The molecule has 2 aromatic heterocycles. The maximum absolute atomic E-state index is 13.5. The summed E-state index contributed by atoms with van der Waals surface area (Å²) in [6.07, 6.45) is 3.20. The van der Waals surface area contributed by atoms with Gasteiger partial charge in [0.2, 0.25) is 5.16 Å². The number of hydrogen-bond acceptors (Lipinski definition) is 6. The number of fused-ring (bicyclic) bond motifs is 2. The molecule has 0 saturated carbocycles. The molecule has 140 valence electrons. The van der Waals surface area contributed by atoms with Crippen LogP contribution < -0.4 is 5.63 Å². The van der Waals surface area contributed by atoms with E-state index in [1.807, 2.05) is 6.07 Å². The average molecular weight is 394 g/mol. The summed E-state index contributed by atoms with van der Waals surface area (Å²) in [5.41, 5.74) is 4.24. The van der Waals surface area contributed by atoms with E-state index in [4.69, 9.17) is 4.42 Å². The van der Waals surface area contributed by atoms with Gasteiger partial charge in [0.25, 0.3) is 0 Å². The standard InChI is InChI=1S/C20H15FN4O2S/c21-15-5-2-6-16(10-15)25-20(22-23-24-25)28-11-14-9-19(26)27-18-8-13-4-1-3-12(13)7-17(14)18/h2,5-10H,1,3-4,11H2. The van der Waals surface area contributed by atoms with Gasteiger partial charge in [0.1, 0.15) is 11.4 Å². The van der Waals surface area contributed by atoms with Crippen molar-refractivity contribution in [3.05, 3.63) is 75.4 Å². The Morgan fingerprint density at radius 2 is 2.00 bits per heavy atom. The SMILES string of the molecule is O=c1cc(CSc2nnnn2-c2cccc(F)c2)c2cc3c(cc2o1)CCC3. The Morgan fingerprint density at radius 3 is 2.86 bits per heavy atom. The molecule has 2 heterocycles. The fourth-order valence-corrected chi connectivity index (χ4v) is 4.48. The minimum absolute atomic E-state index is 0.357. The van der Waals surface area contributed by atoms with Gasteiger partial charge in [-0.05, 0) is 76.7 Å². The Bertz CT molecular complexity index is 1250. The minimum atomic E-state index is -0.370. The van der Waals surface area contributed by atoms with Crippen molar-refractivity contribution < 1.29 is 8.81 Å². The van der Waals surface area contributed by atoms with Crippen LogP contribution in [0, 0.1) is 5.82 Å². The minimum Gasteiger partial charge on any atom is -0.423 e. The number of rotatable bonds is 4. The normalized spacial score (nSPS) is 13.2. The molecule has 0 N–H and O–H groups in total. The fourth-order valence-electron chi connectivity index (χ4n) is 3.60. The van der Waals surface area contributed by atoms with Crippen LogP contribution in [0.25, 0.3) is 16.7 Å². The molecule has 4 aromatic rings. The summed E-state index contributed by atoms with van der Waals surface area (Å²) in [5, 5.41) is 13.2. The second-order valence-electron chi connectivity index (χ2n) is 6.70. The summed E-state index contributed by atoms with van der Waals surface area (Å²) >= 11 is 1.39. The number of halogens is 1. The van der Waals surface area contributed by atoms with Crippen molar-refractivity contribution in [3.63, 3.8) is 0 Å². The van der Waals surface area contributed by atoms with Crippen LogP contribution in [-0.4, -0.2) is 20.2 Å². The number of benzene rings is 2. The largest absolute Gasteiger partial charge is 0.423 e. The third-order valence-electron chi connectivity index (χ3n) is 4.89. The predicted octanol–water partition coefficient (Wildman–Crippen LogP) is 3.69. The van der Waals surface area contributed by atoms with E-state index in [1.165, 1.54) is 45.8 Å². The van der Waals surface area contributed by atoms with Crippen LogP contribution in [-0.2, 0) is 18.6 Å². The zero-order valence-electron chi connectivity index (χ0n) is 14.8. The lowest BCUT2D eigenvalue weighted by Crippen LogP contribution is -2.02. The van der Waals surface area contributed by atoms with Gasteiger partial charge in [-0.3, -0.25) is 0 Å². The molecule has 1 aliphatic carbocycles. The smallest absolute Gasteiger partial charge is 0.336 e. The molecule has 0 bridgehead atoms. The molecule has 5 rings (SSSR count). The summed E-state index contributed by atoms with van der Waals surface area (Å²) in [7, 11) is 0. The highest BCUT2D eigenvalue weighted by atomic mass is 32.2. The van der Waals surface area contributed by atoms with Gasteiger partial charge in [-0.2, -0.15) is 4.68 Å². The number of tetrazole rings is 1. The second kappa shape index (κ2) is 6.87. The lowest BCUT2D eigenvalue weighted by atomic mass is 10.0. The second-order valence-corrected chi connectivity index (χ2v) is 7.65. The maximum atomic E-state index is 13.5. The zero-order chi connectivity index (χ0) is 19.1. The molecule has 0 fully saturated rings. The molecule has 0 atom stereocenters. The Labute approximate surface area is 163 Å². The van der Waals surface area contributed by atoms with Gasteiger partial charge < -0.3 is 4.42 Å². The third-order valence-corrected chi connectivity index (χ3v) is 5.86. The van der Waals surface area contributed by atoms with Crippen molar-refractivity contribution in [1.29, 1.82) is 0 Å². The summed E-state index contributed by atoms with van der Waals surface area (Å²) in [6.45, 7) is 0. The summed E-state index contributed by atoms with van der Waals surface area (Å²) in [6, 6.07) is 11.7. The number of nitrogens with zero attached hydrogens (tertiary/aromatic N) is 4. The molecule has 0 aliphatic heterocycles. The van der Waals surface area contributed by atoms with Crippen LogP contribution in [0.2, 0.25) is 0 Å². The molecule has 0 radical (unpaired) electrons. The zero-order valence-corrected chi connectivity index (χ0v) is 15.6. The summed E-state index contributed by atoms with van der Waals surface area (Å²) < 4.78 is 20.4. The van der Waals surface area contributed by atoms with Gasteiger partial charge in [-0.25, -0.2) is 9.18 Å². The van der Waals surface area contributed by atoms with Crippen molar-refractivity contribution >= 4 is 22.7 Å². The monoisotopic (exact) mass is 394 g/mol. The van der Waals surface area contributed by atoms with Gasteiger partial charge in [0.05, 0.1) is 5.69 Å².